The number of benzene rings is 7. The molecule has 0 unspecified atom stereocenters. The molecule has 27 nitrogen and oxygen atoms in total. The van der Waals surface area contributed by atoms with Crippen LogP contribution in [-0.4, -0.2) is 130 Å². The van der Waals surface area contributed by atoms with Gasteiger partial charge in [-0.15, -0.1) is 0 Å². The van der Waals surface area contributed by atoms with Gasteiger partial charge in [-0.1, -0.05) is 77.9 Å². The zero-order valence-corrected chi connectivity index (χ0v) is 68.2. The zero-order chi connectivity index (χ0) is 80.7. The Kier molecular flexibility index (Phi) is 23.3. The minimum Gasteiger partial charge on any atom is -0.497 e. The maximum Gasteiger partial charge on any atom is 0.408 e. The van der Waals surface area contributed by atoms with Crippen LogP contribution in [0.3, 0.4) is 0 Å². The molecule has 13 rings (SSSR count). The molecule has 7 aromatic carbocycles. The van der Waals surface area contributed by atoms with Gasteiger partial charge in [0.05, 0.1) is 67.5 Å². The SMILES string of the molecule is COc1cc(OC)c2c(c1)[C@@H](CO)NC(=O)[C@H]1NC(=O)[C@H](NC(=O)[C@@H]3NC(=O)[C@H]4NC(=O)[C@H](NC(=O)[C@H](NC(=O)OC(C)(C)C)c5ccc(OC)c(c5)Oc5cc4cc(OC)c5C)[C@H](O[Si](C)(C)C(C)(C)C)c4ccc(cc4)Oc4cc3cc(c4OC)Oc3ccc(cc3)[C@H]1O[Si](C)(C)C(C)(C)C)c1ccc(OC)c-2c1. The first kappa shape index (κ1) is 81.1. The molecule has 29 heteroatoms. The molecular weight excluding hydrogens is 1460 g/mol. The quantitative estimate of drug-likeness (QED) is 0.0527. The van der Waals surface area contributed by atoms with Crippen molar-refractivity contribution in [3.05, 3.63) is 166 Å². The first-order valence-corrected chi connectivity index (χ1v) is 42.2. The zero-order valence-electron chi connectivity index (χ0n) is 66.2. The van der Waals surface area contributed by atoms with Gasteiger partial charge >= 0.3 is 6.09 Å². The van der Waals surface area contributed by atoms with Gasteiger partial charge in [0.15, 0.2) is 39.6 Å². The number of rotatable bonds is 12. The number of carbonyl (C=O) groups excluding carboxylic acids is 7. The molecule has 0 aromatic heterocycles. The number of aliphatic hydroxyl groups is 1. The summed E-state index contributed by atoms with van der Waals surface area (Å²) in [6.07, 6.45) is -3.69. The van der Waals surface area contributed by atoms with Crippen LogP contribution in [0.1, 0.15) is 149 Å². The Morgan fingerprint density at radius 3 is 1.40 bits per heavy atom. The molecule has 590 valence electrons. The van der Waals surface area contributed by atoms with Crippen molar-refractivity contribution >= 4 is 58.2 Å². The monoisotopic (exact) mass is 1560 g/mol. The lowest BCUT2D eigenvalue weighted by Crippen LogP contribution is -2.57. The second kappa shape index (κ2) is 31.9. The highest BCUT2D eigenvalue weighted by atomic mass is 28.4. The topological polar surface area (TPSA) is 335 Å². The number of amides is 7. The third-order valence-corrected chi connectivity index (χ3v) is 30.0. The van der Waals surface area contributed by atoms with Gasteiger partial charge in [0.1, 0.15) is 82.1 Å². The molecule has 111 heavy (non-hydrogen) atoms. The van der Waals surface area contributed by atoms with Crippen molar-refractivity contribution in [2.45, 2.75) is 166 Å². The fraction of sp³-hybridized carbons (Fsp3) is 0.402. The van der Waals surface area contributed by atoms with E-state index in [1.54, 1.807) is 113 Å². The highest BCUT2D eigenvalue weighted by molar-refractivity contribution is 6.74. The molecule has 7 aromatic rings. The summed E-state index contributed by atoms with van der Waals surface area (Å²) < 4.78 is 77.0. The van der Waals surface area contributed by atoms with Crippen LogP contribution in [0.25, 0.3) is 11.1 Å². The summed E-state index contributed by atoms with van der Waals surface area (Å²) in [5, 5.41) is 31.2. The van der Waals surface area contributed by atoms with Crippen LogP contribution >= 0.6 is 0 Å². The number of aliphatic hydroxyl groups excluding tert-OH is 1. The maximum atomic E-state index is 16.8. The van der Waals surface area contributed by atoms with Crippen LogP contribution < -0.4 is 79.8 Å². The molecule has 0 radical (unpaired) electrons. The highest BCUT2D eigenvalue weighted by Crippen LogP contribution is 2.50. The van der Waals surface area contributed by atoms with E-state index in [-0.39, 0.29) is 91.1 Å². The van der Waals surface area contributed by atoms with Crippen molar-refractivity contribution < 1.29 is 94.9 Å². The van der Waals surface area contributed by atoms with Gasteiger partial charge in [-0.3, -0.25) is 28.8 Å². The Hall–Kier alpha value is -10.9. The van der Waals surface area contributed by atoms with Gasteiger partial charge in [0, 0.05) is 22.8 Å². The van der Waals surface area contributed by atoms with Gasteiger partial charge in [0.2, 0.25) is 41.2 Å². The van der Waals surface area contributed by atoms with Crippen molar-refractivity contribution in [3.8, 4) is 80.1 Å². The lowest BCUT2D eigenvalue weighted by molar-refractivity contribution is -0.137. The van der Waals surface area contributed by atoms with Crippen LogP contribution in [0, 0.1) is 6.92 Å². The molecule has 6 aliphatic rings. The predicted molar refractivity (Wildman–Crippen MR) is 417 cm³/mol. The van der Waals surface area contributed by atoms with Gasteiger partial charge in [-0.05, 0) is 182 Å². The number of carbonyl (C=O) groups is 7. The highest BCUT2D eigenvalue weighted by Gasteiger charge is 2.48. The number of alkyl carbamates (subject to hydrolysis) is 1. The van der Waals surface area contributed by atoms with Crippen LogP contribution in [-0.2, 0) is 42.4 Å². The van der Waals surface area contributed by atoms with E-state index in [9.17, 15) is 9.90 Å². The molecule has 6 heterocycles. The van der Waals surface area contributed by atoms with Crippen molar-refractivity contribution in [1.29, 1.82) is 0 Å². The Bertz CT molecular complexity index is 4740. The van der Waals surface area contributed by atoms with Gasteiger partial charge < -0.3 is 98.5 Å². The Balaban J connectivity index is 1.20. The molecule has 0 saturated carbocycles. The second-order valence-corrected chi connectivity index (χ2v) is 41.2. The molecule has 8 N–H and O–H groups in total. The average molecular weight is 1560 g/mol. The fourth-order valence-corrected chi connectivity index (χ4v) is 15.6. The normalized spacial score (nSPS) is 20.9. The van der Waals surface area contributed by atoms with E-state index < -0.39 is 135 Å². The van der Waals surface area contributed by atoms with E-state index in [1.165, 1.54) is 79.1 Å². The van der Waals surface area contributed by atoms with Crippen LogP contribution in [0.5, 0.6) is 69.0 Å². The third-order valence-electron chi connectivity index (χ3n) is 21.1. The molecule has 6 aliphatic heterocycles. The number of ether oxygens (including phenoxy) is 10. The summed E-state index contributed by atoms with van der Waals surface area (Å²) in [4.78, 5) is 112. The lowest BCUT2D eigenvalue weighted by atomic mass is 9.89. The van der Waals surface area contributed by atoms with E-state index in [4.69, 9.17) is 56.2 Å². The third kappa shape index (κ3) is 17.1. The molecule has 9 atom stereocenters. The predicted octanol–water partition coefficient (Wildman–Crippen LogP) is 12.8. The van der Waals surface area contributed by atoms with Crippen LogP contribution in [0.15, 0.2) is 121 Å². The van der Waals surface area contributed by atoms with E-state index in [0.29, 0.717) is 33.6 Å². The van der Waals surface area contributed by atoms with Gasteiger partial charge in [-0.2, -0.15) is 0 Å². The van der Waals surface area contributed by atoms with E-state index in [0.717, 1.165) is 0 Å². The standard InChI is InChI=1S/C82H99N7O20Si2/c1-42-57(101-14)35-47-36-58(42)106-59-34-46(26-32-56(59)100-13)65(89-79(97)107-80(2,3)4)74(92)88-69-71(109-111(19,20)82(8,9)10)44-23-29-50(30-24-44)105-62-38-48-37-61(72(62)103-16)104-49-27-21-43(22-28-49)70(108-110(17,18)81(5,6)7)68-77(95)83-54(41-90)52-39-51(98-11)40-60(102-15)63(52)53-33-45(25-31-55(53)99-12)64(73(91)87-68)84-75(93)67(48)85-76(94)66(47)86-78(69)96/h21-40,54,64-71,90H,41H2,1-20H3,(H,83,95)(H,84,93)(H,85,94)(H,86,96)(H,87,91)(H,88,92)(H,89,97)/t54-,64-,65-,66+,67-,68+,69-,70-,71-/m1/s1. The smallest absolute Gasteiger partial charge is 0.408 e. The summed E-state index contributed by atoms with van der Waals surface area (Å²) in [7, 11) is 2.41. The molecular formula is C82H99N7O20Si2. The van der Waals surface area contributed by atoms with Crippen molar-refractivity contribution in [3.63, 3.8) is 0 Å². The largest absolute Gasteiger partial charge is 0.497 e. The van der Waals surface area contributed by atoms with E-state index in [1.807, 2.05) is 67.7 Å². The minimum absolute atomic E-state index is 0.00326. The molecule has 7 amide bonds. The van der Waals surface area contributed by atoms with Gasteiger partial charge in [-0.25, -0.2) is 4.79 Å². The number of hydrogen-bond acceptors (Lipinski definition) is 20. The average Bonchev–Trinajstić information content (AvgIpc) is 0.761. The summed E-state index contributed by atoms with van der Waals surface area (Å²) in [6, 6.07) is 19.7. The number of methoxy groups -OCH3 is 6. The van der Waals surface area contributed by atoms with Crippen LogP contribution in [0.4, 0.5) is 4.79 Å². The Labute approximate surface area is 647 Å². The van der Waals surface area contributed by atoms with Crippen molar-refractivity contribution in [1.82, 2.24) is 37.2 Å². The Morgan fingerprint density at radius 2 is 0.901 bits per heavy atom. The number of nitrogens with one attached hydrogen (secondary N) is 7. The van der Waals surface area contributed by atoms with Crippen molar-refractivity contribution in [2.75, 3.05) is 49.3 Å². The summed E-state index contributed by atoms with van der Waals surface area (Å²) in [6.45, 7) is 26.0. The number of fused-ring (bicyclic) bond motifs is 14. The van der Waals surface area contributed by atoms with E-state index in [2.05, 4.69) is 37.2 Å². The molecule has 0 saturated heterocycles. The summed E-state index contributed by atoms with van der Waals surface area (Å²) in [5.41, 5.74) is 1.23. The second-order valence-electron chi connectivity index (χ2n) is 31.7. The maximum absolute atomic E-state index is 16.8. The molecule has 0 fully saturated rings. The van der Waals surface area contributed by atoms with Crippen molar-refractivity contribution in [2.24, 2.45) is 0 Å². The van der Waals surface area contributed by atoms with E-state index >= 15 is 28.8 Å². The summed E-state index contributed by atoms with van der Waals surface area (Å²) >= 11 is 0. The Morgan fingerprint density at radius 1 is 0.450 bits per heavy atom. The number of hydrogen-bond donors (Lipinski definition) is 8. The van der Waals surface area contributed by atoms with Gasteiger partial charge in [0.25, 0.3) is 0 Å². The van der Waals surface area contributed by atoms with Crippen LogP contribution in [0.2, 0.25) is 36.3 Å². The molecule has 17 bridgehead atoms. The fourth-order valence-electron chi connectivity index (χ4n) is 13.1. The minimum atomic E-state index is -3.10. The molecule has 0 aliphatic carbocycles. The lowest BCUT2D eigenvalue weighted by Gasteiger charge is -2.42. The summed E-state index contributed by atoms with van der Waals surface area (Å²) in [5.74, 6) is -4.44. The first-order chi connectivity index (χ1) is 52.3. The molecule has 0 spiro atoms. The first-order valence-electron chi connectivity index (χ1n) is 36.4.